The average molecular weight is 349 g/mol. The van der Waals surface area contributed by atoms with E-state index >= 15 is 0 Å². The largest absolute Gasteiger partial charge is 0.481 e. The molecule has 0 spiro atoms. The molecule has 7 heteroatoms. The summed E-state index contributed by atoms with van der Waals surface area (Å²) in [5, 5.41) is 5.98. The first-order valence-corrected chi connectivity index (χ1v) is 8.04. The van der Waals surface area contributed by atoms with Crippen LogP contribution in [0.15, 0.2) is 48.7 Å². The predicted molar refractivity (Wildman–Crippen MR) is 101 cm³/mol. The van der Waals surface area contributed by atoms with E-state index in [0.29, 0.717) is 17.5 Å². The second kappa shape index (κ2) is 7.60. The quantitative estimate of drug-likeness (QED) is 0.732. The molecule has 0 unspecified atom stereocenters. The summed E-state index contributed by atoms with van der Waals surface area (Å²) in [6, 6.07) is 12.9. The lowest BCUT2D eigenvalue weighted by Gasteiger charge is -2.10. The molecule has 0 fully saturated rings. The molecule has 0 bridgehead atoms. The van der Waals surface area contributed by atoms with Crippen molar-refractivity contribution in [3.8, 4) is 17.3 Å². The molecule has 0 aliphatic rings. The van der Waals surface area contributed by atoms with Crippen molar-refractivity contribution in [3.63, 3.8) is 0 Å². The highest BCUT2D eigenvalue weighted by Crippen LogP contribution is 2.22. The van der Waals surface area contributed by atoms with Gasteiger partial charge in [-0.25, -0.2) is 15.0 Å². The van der Waals surface area contributed by atoms with Gasteiger partial charge in [0.1, 0.15) is 5.82 Å². The molecule has 0 aliphatic carbocycles. The number of methoxy groups -OCH3 is 1. The minimum absolute atomic E-state index is 0.102. The van der Waals surface area contributed by atoms with Gasteiger partial charge in [0.15, 0.2) is 5.82 Å². The minimum Gasteiger partial charge on any atom is -0.481 e. The predicted octanol–water partition coefficient (Wildman–Crippen LogP) is 3.56. The van der Waals surface area contributed by atoms with E-state index in [9.17, 15) is 4.79 Å². The zero-order valence-corrected chi connectivity index (χ0v) is 14.8. The third-order valence-electron chi connectivity index (χ3n) is 3.54. The van der Waals surface area contributed by atoms with Crippen LogP contribution in [0.4, 0.5) is 17.2 Å². The number of pyridine rings is 1. The Morgan fingerprint density at radius 2 is 1.77 bits per heavy atom. The topological polar surface area (TPSA) is 89.0 Å². The molecule has 0 saturated heterocycles. The maximum absolute atomic E-state index is 11.1. The van der Waals surface area contributed by atoms with E-state index in [2.05, 4.69) is 25.6 Å². The van der Waals surface area contributed by atoms with E-state index in [1.165, 1.54) is 6.92 Å². The van der Waals surface area contributed by atoms with Crippen LogP contribution in [0.1, 0.15) is 12.6 Å². The smallest absolute Gasteiger partial charge is 0.221 e. The van der Waals surface area contributed by atoms with Crippen LogP contribution in [0.25, 0.3) is 11.4 Å². The Balaban J connectivity index is 1.81. The van der Waals surface area contributed by atoms with E-state index in [4.69, 9.17) is 4.74 Å². The standard InChI is InChI=1S/C19H19N5O2/c1-12-10-17(23-16-7-5-15(6-8-16)22-13(2)25)24-19(21-12)14-4-9-18(26-3)20-11-14/h4-11H,1-3H3,(H,22,25)(H,21,23,24). The van der Waals surface area contributed by atoms with E-state index in [-0.39, 0.29) is 5.91 Å². The van der Waals surface area contributed by atoms with Crippen molar-refractivity contribution in [1.82, 2.24) is 15.0 Å². The Hall–Kier alpha value is -3.48. The number of anilines is 3. The third-order valence-corrected chi connectivity index (χ3v) is 3.54. The average Bonchev–Trinajstić information content (AvgIpc) is 2.62. The van der Waals surface area contributed by atoms with Crippen LogP contribution >= 0.6 is 0 Å². The molecule has 0 aliphatic heterocycles. The Morgan fingerprint density at radius 1 is 1.04 bits per heavy atom. The molecule has 2 heterocycles. The van der Waals surface area contributed by atoms with E-state index in [1.54, 1.807) is 19.4 Å². The summed E-state index contributed by atoms with van der Waals surface area (Å²) >= 11 is 0. The molecule has 2 aromatic heterocycles. The second-order valence-electron chi connectivity index (χ2n) is 5.69. The fourth-order valence-corrected chi connectivity index (χ4v) is 2.38. The van der Waals surface area contributed by atoms with Gasteiger partial charge in [-0.2, -0.15) is 0 Å². The Morgan fingerprint density at radius 3 is 2.38 bits per heavy atom. The van der Waals surface area contributed by atoms with E-state index < -0.39 is 0 Å². The number of hydrogen-bond acceptors (Lipinski definition) is 6. The normalized spacial score (nSPS) is 10.3. The number of amides is 1. The molecule has 132 valence electrons. The van der Waals surface area contributed by atoms with Gasteiger partial charge in [0.2, 0.25) is 11.8 Å². The first-order chi connectivity index (χ1) is 12.5. The summed E-state index contributed by atoms with van der Waals surface area (Å²) in [4.78, 5) is 24.3. The number of hydrogen-bond donors (Lipinski definition) is 2. The Bertz CT molecular complexity index is 908. The van der Waals surface area contributed by atoms with Crippen LogP contribution in [0.5, 0.6) is 5.88 Å². The number of aryl methyl sites for hydroxylation is 1. The minimum atomic E-state index is -0.102. The number of nitrogens with zero attached hydrogens (tertiary/aromatic N) is 3. The lowest BCUT2D eigenvalue weighted by Crippen LogP contribution is -2.05. The number of carbonyl (C=O) groups is 1. The summed E-state index contributed by atoms with van der Waals surface area (Å²) in [5.41, 5.74) is 3.24. The van der Waals surface area contributed by atoms with Crippen LogP contribution in [0.2, 0.25) is 0 Å². The number of aromatic nitrogens is 3. The highest BCUT2D eigenvalue weighted by Gasteiger charge is 2.07. The summed E-state index contributed by atoms with van der Waals surface area (Å²) in [6.07, 6.45) is 1.68. The van der Waals surface area contributed by atoms with Gasteiger partial charge in [0.05, 0.1) is 7.11 Å². The number of carbonyl (C=O) groups excluding carboxylic acids is 1. The molecule has 7 nitrogen and oxygen atoms in total. The maximum atomic E-state index is 11.1. The number of rotatable bonds is 5. The molecule has 0 saturated carbocycles. The molecule has 2 N–H and O–H groups in total. The van der Waals surface area contributed by atoms with Crippen molar-refractivity contribution in [2.24, 2.45) is 0 Å². The first-order valence-electron chi connectivity index (χ1n) is 8.04. The maximum Gasteiger partial charge on any atom is 0.221 e. The Kier molecular flexibility index (Phi) is 5.07. The highest BCUT2D eigenvalue weighted by atomic mass is 16.5. The van der Waals surface area contributed by atoms with Crippen LogP contribution in [0, 0.1) is 6.92 Å². The monoisotopic (exact) mass is 349 g/mol. The fourth-order valence-electron chi connectivity index (χ4n) is 2.38. The second-order valence-corrected chi connectivity index (χ2v) is 5.69. The van der Waals surface area contributed by atoms with Gasteiger partial charge in [-0.05, 0) is 37.3 Å². The molecule has 0 atom stereocenters. The van der Waals surface area contributed by atoms with Gasteiger partial charge < -0.3 is 15.4 Å². The van der Waals surface area contributed by atoms with Crippen molar-refractivity contribution in [3.05, 3.63) is 54.4 Å². The van der Waals surface area contributed by atoms with E-state index in [0.717, 1.165) is 22.6 Å². The number of ether oxygens (including phenoxy) is 1. The number of benzene rings is 1. The molecule has 1 aromatic carbocycles. The summed E-state index contributed by atoms with van der Waals surface area (Å²) < 4.78 is 5.07. The SMILES string of the molecule is COc1ccc(-c2nc(C)cc(Nc3ccc(NC(C)=O)cc3)n2)cn1. The summed E-state index contributed by atoms with van der Waals surface area (Å²) in [6.45, 7) is 3.39. The molecular weight excluding hydrogens is 330 g/mol. The lowest BCUT2D eigenvalue weighted by atomic mass is 10.2. The highest BCUT2D eigenvalue weighted by molar-refractivity contribution is 5.88. The van der Waals surface area contributed by atoms with E-state index in [1.807, 2.05) is 43.3 Å². The molecule has 1 amide bonds. The van der Waals surface area contributed by atoms with Crippen LogP contribution in [0.3, 0.4) is 0 Å². The lowest BCUT2D eigenvalue weighted by molar-refractivity contribution is -0.114. The zero-order valence-electron chi connectivity index (χ0n) is 14.8. The van der Waals surface area contributed by atoms with Crippen molar-refractivity contribution in [1.29, 1.82) is 0 Å². The van der Waals surface area contributed by atoms with Gasteiger partial charge in [0.25, 0.3) is 0 Å². The van der Waals surface area contributed by atoms with Crippen molar-refractivity contribution >= 4 is 23.1 Å². The van der Waals surface area contributed by atoms with Gasteiger partial charge in [-0.15, -0.1) is 0 Å². The van der Waals surface area contributed by atoms with Gasteiger partial charge in [-0.3, -0.25) is 4.79 Å². The zero-order chi connectivity index (χ0) is 18.5. The van der Waals surface area contributed by atoms with Crippen LogP contribution in [-0.2, 0) is 4.79 Å². The first kappa shape index (κ1) is 17.3. The molecule has 0 radical (unpaired) electrons. The molecule has 26 heavy (non-hydrogen) atoms. The molecule has 3 rings (SSSR count). The fraction of sp³-hybridized carbons (Fsp3) is 0.158. The molecular formula is C19H19N5O2. The number of nitrogens with one attached hydrogen (secondary N) is 2. The van der Waals surface area contributed by atoms with Crippen LogP contribution < -0.4 is 15.4 Å². The summed E-state index contributed by atoms with van der Waals surface area (Å²) in [5.74, 6) is 1.70. The van der Waals surface area contributed by atoms with Gasteiger partial charge in [0, 0.05) is 47.9 Å². The molecule has 3 aromatic rings. The van der Waals surface area contributed by atoms with Crippen LogP contribution in [-0.4, -0.2) is 28.0 Å². The Labute approximate surface area is 151 Å². The van der Waals surface area contributed by atoms with Crippen molar-refractivity contribution < 1.29 is 9.53 Å². The van der Waals surface area contributed by atoms with Crippen molar-refractivity contribution in [2.75, 3.05) is 17.7 Å². The van der Waals surface area contributed by atoms with Crippen molar-refractivity contribution in [2.45, 2.75) is 13.8 Å². The van der Waals surface area contributed by atoms with Gasteiger partial charge in [-0.1, -0.05) is 0 Å². The third kappa shape index (κ3) is 4.32. The van der Waals surface area contributed by atoms with Gasteiger partial charge >= 0.3 is 0 Å². The summed E-state index contributed by atoms with van der Waals surface area (Å²) in [7, 11) is 1.57.